The van der Waals surface area contributed by atoms with Crippen LogP contribution in [0.25, 0.3) is 0 Å². The van der Waals surface area contributed by atoms with Gasteiger partial charge in [-0.1, -0.05) is 0 Å². The van der Waals surface area contributed by atoms with Gasteiger partial charge in [0, 0.05) is 37.9 Å². The highest BCUT2D eigenvalue weighted by Crippen LogP contribution is 2.16. The van der Waals surface area contributed by atoms with E-state index in [1.165, 1.54) is 0 Å². The van der Waals surface area contributed by atoms with Crippen molar-refractivity contribution in [3.05, 3.63) is 24.3 Å². The summed E-state index contributed by atoms with van der Waals surface area (Å²) in [6, 6.07) is 7.89. The third-order valence-electron chi connectivity index (χ3n) is 3.67. The van der Waals surface area contributed by atoms with E-state index >= 15 is 0 Å². The molecule has 0 unspecified atom stereocenters. The van der Waals surface area contributed by atoms with Gasteiger partial charge in [0.1, 0.15) is 5.75 Å². The molecule has 20 heavy (non-hydrogen) atoms. The molecular formula is C15H23N3O2. The Morgan fingerprint density at radius 3 is 2.25 bits per heavy atom. The van der Waals surface area contributed by atoms with Gasteiger partial charge >= 0.3 is 6.03 Å². The summed E-state index contributed by atoms with van der Waals surface area (Å²) < 4.78 is 5.10. The molecule has 0 bridgehead atoms. The normalized spacial score (nSPS) is 16.3. The van der Waals surface area contributed by atoms with Crippen molar-refractivity contribution in [3.63, 3.8) is 0 Å². The largest absolute Gasteiger partial charge is 0.497 e. The Labute approximate surface area is 120 Å². The maximum Gasteiger partial charge on any atom is 0.321 e. The van der Waals surface area contributed by atoms with Crippen LogP contribution < -0.4 is 10.1 Å². The smallest absolute Gasteiger partial charge is 0.321 e. The van der Waals surface area contributed by atoms with E-state index < -0.39 is 0 Å². The zero-order valence-corrected chi connectivity index (χ0v) is 12.4. The van der Waals surface area contributed by atoms with Crippen LogP contribution in [0.15, 0.2) is 24.3 Å². The first-order chi connectivity index (χ1) is 9.60. The predicted molar refractivity (Wildman–Crippen MR) is 80.3 cm³/mol. The summed E-state index contributed by atoms with van der Waals surface area (Å²) in [6.45, 7) is 7.81. The summed E-state index contributed by atoms with van der Waals surface area (Å²) >= 11 is 0. The Morgan fingerprint density at radius 1 is 1.15 bits per heavy atom. The molecule has 5 nitrogen and oxygen atoms in total. The van der Waals surface area contributed by atoms with Gasteiger partial charge in [0.05, 0.1) is 7.11 Å². The number of carbonyl (C=O) groups is 1. The molecule has 1 fully saturated rings. The molecular weight excluding hydrogens is 254 g/mol. The molecule has 0 aliphatic carbocycles. The lowest BCUT2D eigenvalue weighted by Crippen LogP contribution is -2.51. The molecule has 5 heteroatoms. The summed E-state index contributed by atoms with van der Waals surface area (Å²) in [4.78, 5) is 16.4. The number of urea groups is 1. The Hall–Kier alpha value is -1.75. The zero-order chi connectivity index (χ0) is 14.5. The van der Waals surface area contributed by atoms with E-state index in [0.717, 1.165) is 37.6 Å². The molecule has 1 aliphatic rings. The minimum Gasteiger partial charge on any atom is -0.497 e. The molecule has 1 heterocycles. The molecule has 110 valence electrons. The molecule has 1 saturated heterocycles. The maximum absolute atomic E-state index is 12.2. The summed E-state index contributed by atoms with van der Waals surface area (Å²) in [5.41, 5.74) is 0.794. The van der Waals surface area contributed by atoms with Crippen LogP contribution in [0.2, 0.25) is 0 Å². The highest BCUT2D eigenvalue weighted by Gasteiger charge is 2.22. The standard InChI is InChI=1S/C15H23N3O2/c1-12(2)17-8-10-18(11-9-17)15(19)16-13-4-6-14(20-3)7-5-13/h4-7,12H,8-11H2,1-3H3,(H,16,19). The van der Waals surface area contributed by atoms with E-state index in [9.17, 15) is 4.79 Å². The first kappa shape index (κ1) is 14.7. The summed E-state index contributed by atoms with van der Waals surface area (Å²) in [6.07, 6.45) is 0. The van der Waals surface area contributed by atoms with Crippen LogP contribution in [-0.4, -0.2) is 55.2 Å². The van der Waals surface area contributed by atoms with Crippen LogP contribution in [0, 0.1) is 0 Å². The molecule has 0 radical (unpaired) electrons. The molecule has 2 rings (SSSR count). The number of nitrogens with one attached hydrogen (secondary N) is 1. The van der Waals surface area contributed by atoms with Crippen LogP contribution >= 0.6 is 0 Å². The number of benzene rings is 1. The Morgan fingerprint density at radius 2 is 1.75 bits per heavy atom. The van der Waals surface area contributed by atoms with Gasteiger partial charge in [0.15, 0.2) is 0 Å². The number of carbonyl (C=O) groups excluding carboxylic acids is 1. The van der Waals surface area contributed by atoms with Crippen LogP contribution in [-0.2, 0) is 0 Å². The van der Waals surface area contributed by atoms with Crippen molar-refractivity contribution >= 4 is 11.7 Å². The lowest BCUT2D eigenvalue weighted by molar-refractivity contribution is 0.125. The molecule has 1 aromatic carbocycles. The van der Waals surface area contributed by atoms with Gasteiger partial charge in [-0.3, -0.25) is 4.90 Å². The summed E-state index contributed by atoms with van der Waals surface area (Å²) in [5, 5.41) is 2.92. The fourth-order valence-electron chi connectivity index (χ4n) is 2.32. The zero-order valence-electron chi connectivity index (χ0n) is 12.4. The average molecular weight is 277 g/mol. The van der Waals surface area contributed by atoms with E-state index in [4.69, 9.17) is 4.74 Å². The van der Waals surface area contributed by atoms with Crippen LogP contribution in [0.3, 0.4) is 0 Å². The van der Waals surface area contributed by atoms with Gasteiger partial charge in [-0.2, -0.15) is 0 Å². The number of hydrogen-bond donors (Lipinski definition) is 1. The maximum atomic E-state index is 12.2. The monoisotopic (exact) mass is 277 g/mol. The fourth-order valence-corrected chi connectivity index (χ4v) is 2.32. The van der Waals surface area contributed by atoms with E-state index in [2.05, 4.69) is 24.1 Å². The average Bonchev–Trinajstić information content (AvgIpc) is 2.48. The summed E-state index contributed by atoms with van der Waals surface area (Å²) in [7, 11) is 1.63. The minimum atomic E-state index is -0.0291. The van der Waals surface area contributed by atoms with E-state index in [0.29, 0.717) is 6.04 Å². The number of anilines is 1. The second-order valence-electron chi connectivity index (χ2n) is 5.28. The lowest BCUT2D eigenvalue weighted by atomic mass is 10.2. The van der Waals surface area contributed by atoms with Gasteiger partial charge in [0.2, 0.25) is 0 Å². The number of methoxy groups -OCH3 is 1. The molecule has 2 amide bonds. The highest BCUT2D eigenvalue weighted by molar-refractivity contribution is 5.89. The van der Waals surface area contributed by atoms with Crippen LogP contribution in [0.4, 0.5) is 10.5 Å². The number of rotatable bonds is 3. The van der Waals surface area contributed by atoms with E-state index in [-0.39, 0.29) is 6.03 Å². The third-order valence-corrected chi connectivity index (χ3v) is 3.67. The lowest BCUT2D eigenvalue weighted by Gasteiger charge is -2.36. The molecule has 0 atom stereocenters. The van der Waals surface area contributed by atoms with Crippen molar-refractivity contribution in [1.29, 1.82) is 0 Å². The number of ether oxygens (including phenoxy) is 1. The van der Waals surface area contributed by atoms with Crippen molar-refractivity contribution in [1.82, 2.24) is 9.80 Å². The van der Waals surface area contributed by atoms with Gasteiger partial charge in [-0.05, 0) is 38.1 Å². The SMILES string of the molecule is COc1ccc(NC(=O)N2CCN(C(C)C)CC2)cc1. The Kier molecular flexibility index (Phi) is 4.84. The number of hydrogen-bond acceptors (Lipinski definition) is 3. The molecule has 1 aromatic rings. The van der Waals surface area contributed by atoms with Crippen molar-refractivity contribution in [2.24, 2.45) is 0 Å². The fraction of sp³-hybridized carbons (Fsp3) is 0.533. The second kappa shape index (κ2) is 6.61. The van der Waals surface area contributed by atoms with Gasteiger partial charge in [0.25, 0.3) is 0 Å². The van der Waals surface area contributed by atoms with E-state index in [1.54, 1.807) is 7.11 Å². The molecule has 0 aromatic heterocycles. The highest BCUT2D eigenvalue weighted by atomic mass is 16.5. The minimum absolute atomic E-state index is 0.0291. The van der Waals surface area contributed by atoms with Crippen LogP contribution in [0.5, 0.6) is 5.75 Å². The molecule has 1 N–H and O–H groups in total. The van der Waals surface area contributed by atoms with Crippen LogP contribution in [0.1, 0.15) is 13.8 Å². The Balaban J connectivity index is 1.86. The topological polar surface area (TPSA) is 44.8 Å². The number of piperazine rings is 1. The molecule has 1 aliphatic heterocycles. The first-order valence-electron chi connectivity index (χ1n) is 7.04. The second-order valence-corrected chi connectivity index (χ2v) is 5.28. The van der Waals surface area contributed by atoms with Gasteiger partial charge in [-0.15, -0.1) is 0 Å². The van der Waals surface area contributed by atoms with Crippen molar-refractivity contribution in [3.8, 4) is 5.75 Å². The number of amides is 2. The first-order valence-corrected chi connectivity index (χ1v) is 7.04. The molecule has 0 saturated carbocycles. The van der Waals surface area contributed by atoms with Crippen molar-refractivity contribution in [2.75, 3.05) is 38.6 Å². The third kappa shape index (κ3) is 3.63. The van der Waals surface area contributed by atoms with E-state index in [1.807, 2.05) is 29.2 Å². The van der Waals surface area contributed by atoms with Crippen molar-refractivity contribution in [2.45, 2.75) is 19.9 Å². The summed E-state index contributed by atoms with van der Waals surface area (Å²) in [5.74, 6) is 0.786. The van der Waals surface area contributed by atoms with Gasteiger partial charge < -0.3 is 15.0 Å². The predicted octanol–water partition coefficient (Wildman–Crippen LogP) is 2.25. The molecule has 0 spiro atoms. The number of nitrogens with zero attached hydrogens (tertiary/aromatic N) is 2. The van der Waals surface area contributed by atoms with Crippen molar-refractivity contribution < 1.29 is 9.53 Å². The quantitative estimate of drug-likeness (QED) is 0.921. The van der Waals surface area contributed by atoms with Gasteiger partial charge in [-0.25, -0.2) is 4.79 Å². The Bertz CT molecular complexity index is 437.